The third-order valence-corrected chi connectivity index (χ3v) is 4.71. The highest BCUT2D eigenvalue weighted by Gasteiger charge is 2.41. The van der Waals surface area contributed by atoms with E-state index in [0.717, 1.165) is 32.1 Å². The molecular formula is C14H23F3N2O2. The fourth-order valence-electron chi connectivity index (χ4n) is 3.71. The summed E-state index contributed by atoms with van der Waals surface area (Å²) in [5, 5.41) is 3.52. The molecule has 2 aliphatic heterocycles. The van der Waals surface area contributed by atoms with Crippen LogP contribution >= 0.6 is 0 Å². The Morgan fingerprint density at radius 2 is 1.71 bits per heavy atom. The van der Waals surface area contributed by atoms with Crippen LogP contribution in [-0.4, -0.2) is 61.8 Å². The molecule has 7 heteroatoms. The van der Waals surface area contributed by atoms with E-state index in [1.54, 1.807) is 0 Å². The van der Waals surface area contributed by atoms with Crippen LogP contribution in [0, 0.1) is 0 Å². The van der Waals surface area contributed by atoms with Crippen molar-refractivity contribution in [3.63, 3.8) is 0 Å². The molecular weight excluding hydrogens is 285 g/mol. The van der Waals surface area contributed by atoms with Crippen LogP contribution in [0.2, 0.25) is 0 Å². The lowest BCUT2D eigenvalue weighted by molar-refractivity contribution is -0.179. The lowest BCUT2D eigenvalue weighted by Crippen LogP contribution is -2.46. The normalized spacial score (nSPS) is 31.3. The second-order valence-electron chi connectivity index (χ2n) is 6.38. The van der Waals surface area contributed by atoms with Gasteiger partial charge in [0, 0.05) is 38.0 Å². The Balaban J connectivity index is 1.40. The minimum absolute atomic E-state index is 0.178. The molecule has 0 radical (unpaired) electrons. The third-order valence-electron chi connectivity index (χ3n) is 4.71. The molecule has 3 fully saturated rings. The molecule has 0 aromatic carbocycles. The highest BCUT2D eigenvalue weighted by atomic mass is 19.4. The number of alkyl halides is 3. The van der Waals surface area contributed by atoms with Crippen LogP contribution in [0.15, 0.2) is 0 Å². The van der Waals surface area contributed by atoms with Crippen LogP contribution in [0.4, 0.5) is 13.2 Å². The number of ether oxygens (including phenoxy) is 2. The number of nitrogens with zero attached hydrogens (tertiary/aromatic N) is 1. The molecule has 0 unspecified atom stereocenters. The first-order chi connectivity index (χ1) is 9.94. The summed E-state index contributed by atoms with van der Waals surface area (Å²) in [6.07, 6.45) is 0.396. The van der Waals surface area contributed by atoms with E-state index in [1.165, 1.54) is 4.90 Å². The summed E-state index contributed by atoms with van der Waals surface area (Å²) in [7, 11) is 0. The van der Waals surface area contributed by atoms with Crippen LogP contribution in [0.1, 0.15) is 32.1 Å². The lowest BCUT2D eigenvalue weighted by atomic mass is 9.89. The zero-order valence-corrected chi connectivity index (χ0v) is 12.1. The molecule has 1 saturated carbocycles. The molecule has 3 aliphatic rings. The van der Waals surface area contributed by atoms with E-state index in [1.807, 2.05) is 0 Å². The van der Waals surface area contributed by atoms with Gasteiger partial charge in [0.15, 0.2) is 5.79 Å². The first kappa shape index (κ1) is 15.5. The Hall–Kier alpha value is -0.370. The Morgan fingerprint density at radius 1 is 1.05 bits per heavy atom. The van der Waals surface area contributed by atoms with Gasteiger partial charge in [0.2, 0.25) is 0 Å². The molecule has 2 saturated heterocycles. The monoisotopic (exact) mass is 308 g/mol. The summed E-state index contributed by atoms with van der Waals surface area (Å²) in [6.45, 7) is 1.58. The second-order valence-corrected chi connectivity index (χ2v) is 6.38. The average Bonchev–Trinajstić information content (AvgIpc) is 3.01. The van der Waals surface area contributed by atoms with Crippen LogP contribution < -0.4 is 5.32 Å². The van der Waals surface area contributed by atoms with Crippen molar-refractivity contribution in [2.75, 3.05) is 32.8 Å². The van der Waals surface area contributed by atoms with E-state index >= 15 is 0 Å². The van der Waals surface area contributed by atoms with Crippen molar-refractivity contribution in [3.8, 4) is 0 Å². The topological polar surface area (TPSA) is 33.7 Å². The van der Waals surface area contributed by atoms with Crippen LogP contribution in [0.3, 0.4) is 0 Å². The van der Waals surface area contributed by atoms with E-state index in [-0.39, 0.29) is 11.8 Å². The van der Waals surface area contributed by atoms with E-state index in [0.29, 0.717) is 32.3 Å². The van der Waals surface area contributed by atoms with Gasteiger partial charge in [-0.05, 0) is 19.3 Å². The van der Waals surface area contributed by atoms with Crippen molar-refractivity contribution < 1.29 is 22.6 Å². The molecule has 3 rings (SSSR count). The van der Waals surface area contributed by atoms with Gasteiger partial charge >= 0.3 is 6.18 Å². The largest absolute Gasteiger partial charge is 0.401 e. The lowest BCUT2D eigenvalue weighted by Gasteiger charge is -2.36. The standard InChI is InChI=1S/C14H23F3N2O2/c15-14(16,17)10-19-6-3-12(9-19)18-11-1-4-13(5-2-11)20-7-8-21-13/h11-12,18H,1-10H2/t12-/m0/s1. The van der Waals surface area contributed by atoms with Gasteiger partial charge in [0.25, 0.3) is 0 Å². The number of likely N-dealkylation sites (tertiary alicyclic amines) is 1. The molecule has 0 aromatic heterocycles. The van der Waals surface area contributed by atoms with Gasteiger partial charge in [0.05, 0.1) is 19.8 Å². The number of rotatable bonds is 3. The van der Waals surface area contributed by atoms with Crippen molar-refractivity contribution in [2.24, 2.45) is 0 Å². The van der Waals surface area contributed by atoms with E-state index < -0.39 is 12.7 Å². The molecule has 0 aromatic rings. The molecule has 4 nitrogen and oxygen atoms in total. The number of nitrogens with one attached hydrogen (secondary N) is 1. The zero-order valence-electron chi connectivity index (χ0n) is 12.1. The second kappa shape index (κ2) is 6.02. The number of hydrogen-bond acceptors (Lipinski definition) is 4. The fraction of sp³-hybridized carbons (Fsp3) is 1.00. The fourth-order valence-corrected chi connectivity index (χ4v) is 3.71. The van der Waals surface area contributed by atoms with Crippen LogP contribution in [0.5, 0.6) is 0 Å². The van der Waals surface area contributed by atoms with Gasteiger partial charge in [-0.3, -0.25) is 4.90 Å². The van der Waals surface area contributed by atoms with Crippen molar-refractivity contribution >= 4 is 0 Å². The van der Waals surface area contributed by atoms with Crippen molar-refractivity contribution in [1.29, 1.82) is 0 Å². The molecule has 122 valence electrons. The zero-order chi connectivity index (χ0) is 14.9. The quantitative estimate of drug-likeness (QED) is 0.863. The first-order valence-corrected chi connectivity index (χ1v) is 7.77. The first-order valence-electron chi connectivity index (χ1n) is 7.77. The Kier molecular flexibility index (Phi) is 4.45. The van der Waals surface area contributed by atoms with Gasteiger partial charge in [-0.2, -0.15) is 13.2 Å². The van der Waals surface area contributed by atoms with Gasteiger partial charge in [-0.15, -0.1) is 0 Å². The molecule has 21 heavy (non-hydrogen) atoms. The molecule has 1 aliphatic carbocycles. The maximum absolute atomic E-state index is 12.4. The van der Waals surface area contributed by atoms with Crippen molar-refractivity contribution in [1.82, 2.24) is 10.2 Å². The highest BCUT2D eigenvalue weighted by molar-refractivity contribution is 4.90. The Morgan fingerprint density at radius 3 is 2.33 bits per heavy atom. The highest BCUT2D eigenvalue weighted by Crippen LogP contribution is 2.36. The van der Waals surface area contributed by atoms with E-state index in [9.17, 15) is 13.2 Å². The minimum atomic E-state index is -4.09. The summed E-state index contributed by atoms with van der Waals surface area (Å²) in [4.78, 5) is 1.49. The van der Waals surface area contributed by atoms with Gasteiger partial charge in [-0.25, -0.2) is 0 Å². The minimum Gasteiger partial charge on any atom is -0.348 e. The summed E-state index contributed by atoms with van der Waals surface area (Å²) in [5.41, 5.74) is 0. The molecule has 0 amide bonds. The maximum atomic E-state index is 12.4. The van der Waals surface area contributed by atoms with Crippen LogP contribution in [-0.2, 0) is 9.47 Å². The number of halogens is 3. The predicted octanol–water partition coefficient (Wildman–Crippen LogP) is 1.90. The van der Waals surface area contributed by atoms with Gasteiger partial charge in [-0.1, -0.05) is 0 Å². The molecule has 2 heterocycles. The SMILES string of the molecule is FC(F)(F)CN1CC[C@H](NC2CCC3(CC2)OCCO3)C1. The molecule has 1 atom stereocenters. The van der Waals surface area contributed by atoms with E-state index in [2.05, 4.69) is 5.32 Å². The van der Waals surface area contributed by atoms with E-state index in [4.69, 9.17) is 9.47 Å². The molecule has 1 spiro atoms. The Labute approximate surface area is 122 Å². The summed E-state index contributed by atoms with van der Waals surface area (Å²) in [5.74, 6) is -0.365. The number of hydrogen-bond donors (Lipinski definition) is 1. The molecule has 0 bridgehead atoms. The van der Waals surface area contributed by atoms with Gasteiger partial charge < -0.3 is 14.8 Å². The summed E-state index contributed by atoms with van der Waals surface area (Å²) < 4.78 is 48.5. The predicted molar refractivity (Wildman–Crippen MR) is 70.9 cm³/mol. The maximum Gasteiger partial charge on any atom is 0.401 e. The average molecular weight is 308 g/mol. The van der Waals surface area contributed by atoms with Gasteiger partial charge in [0.1, 0.15) is 0 Å². The summed E-state index contributed by atoms with van der Waals surface area (Å²) in [6, 6.07) is 0.552. The smallest absolute Gasteiger partial charge is 0.348 e. The molecule has 1 N–H and O–H groups in total. The van der Waals surface area contributed by atoms with Crippen molar-refractivity contribution in [2.45, 2.75) is 56.2 Å². The Bertz CT molecular complexity index is 349. The van der Waals surface area contributed by atoms with Crippen molar-refractivity contribution in [3.05, 3.63) is 0 Å². The van der Waals surface area contributed by atoms with Crippen LogP contribution in [0.25, 0.3) is 0 Å². The third kappa shape index (κ3) is 4.09. The summed E-state index contributed by atoms with van der Waals surface area (Å²) >= 11 is 0.